The van der Waals surface area contributed by atoms with E-state index in [4.69, 9.17) is 0 Å². The maximum absolute atomic E-state index is 12.9. The molecule has 0 aliphatic heterocycles. The van der Waals surface area contributed by atoms with E-state index in [0.29, 0.717) is 0 Å². The van der Waals surface area contributed by atoms with E-state index in [1.54, 1.807) is 6.07 Å². The Morgan fingerprint density at radius 3 is 2.81 bits per heavy atom. The fourth-order valence-electron chi connectivity index (χ4n) is 1.54. The van der Waals surface area contributed by atoms with Crippen LogP contribution in [0.3, 0.4) is 0 Å². The lowest BCUT2D eigenvalue weighted by molar-refractivity contribution is 0.604. The molecule has 0 unspecified atom stereocenters. The van der Waals surface area contributed by atoms with Crippen molar-refractivity contribution < 1.29 is 4.39 Å². The molecule has 0 amide bonds. The molecule has 0 spiro atoms. The number of nitrogens with one attached hydrogen (secondary N) is 2. The summed E-state index contributed by atoms with van der Waals surface area (Å²) < 4.78 is 13.8. The Morgan fingerprint density at radius 1 is 1.31 bits per heavy atom. The third-order valence-corrected chi connectivity index (χ3v) is 3.65. The van der Waals surface area contributed by atoms with Gasteiger partial charge in [-0.3, -0.25) is 0 Å². The summed E-state index contributed by atoms with van der Waals surface area (Å²) >= 11 is 2.17. The molecule has 1 aromatic carbocycles. The minimum absolute atomic E-state index is 0.163. The SMILES string of the molecule is Fc1ccc(CNCCNC2CC2)c(I)c1. The van der Waals surface area contributed by atoms with Crippen LogP contribution in [0.1, 0.15) is 18.4 Å². The summed E-state index contributed by atoms with van der Waals surface area (Å²) in [5.74, 6) is -0.163. The lowest BCUT2D eigenvalue weighted by Crippen LogP contribution is -2.28. The molecule has 0 aromatic heterocycles. The van der Waals surface area contributed by atoms with E-state index >= 15 is 0 Å². The second kappa shape index (κ2) is 5.93. The van der Waals surface area contributed by atoms with Gasteiger partial charge in [0.1, 0.15) is 5.82 Å². The molecule has 0 atom stereocenters. The Labute approximate surface area is 109 Å². The minimum Gasteiger partial charge on any atom is -0.313 e. The standard InChI is InChI=1S/C12H16FIN2/c13-10-2-1-9(12(14)7-10)8-15-5-6-16-11-3-4-11/h1-2,7,11,15-16H,3-6,8H2. The van der Waals surface area contributed by atoms with Crippen molar-refractivity contribution in [3.8, 4) is 0 Å². The summed E-state index contributed by atoms with van der Waals surface area (Å²) in [4.78, 5) is 0. The minimum atomic E-state index is -0.163. The zero-order valence-corrected chi connectivity index (χ0v) is 11.3. The van der Waals surface area contributed by atoms with Gasteiger partial charge < -0.3 is 10.6 Å². The summed E-state index contributed by atoms with van der Waals surface area (Å²) in [6, 6.07) is 5.70. The zero-order chi connectivity index (χ0) is 11.4. The summed E-state index contributed by atoms with van der Waals surface area (Å²) in [7, 11) is 0. The van der Waals surface area contributed by atoms with Gasteiger partial charge in [0.15, 0.2) is 0 Å². The maximum Gasteiger partial charge on any atom is 0.124 e. The molecule has 4 heteroatoms. The normalized spacial score (nSPS) is 15.4. The predicted octanol–water partition coefficient (Wildman–Crippen LogP) is 2.27. The Morgan fingerprint density at radius 2 is 2.12 bits per heavy atom. The molecule has 1 fully saturated rings. The fraction of sp³-hybridized carbons (Fsp3) is 0.500. The van der Waals surface area contributed by atoms with Gasteiger partial charge in [-0.25, -0.2) is 4.39 Å². The Bertz CT molecular complexity index is 353. The van der Waals surface area contributed by atoms with Crippen molar-refractivity contribution in [1.82, 2.24) is 10.6 Å². The lowest BCUT2D eigenvalue weighted by Gasteiger charge is -2.07. The van der Waals surface area contributed by atoms with Crippen LogP contribution in [0, 0.1) is 9.39 Å². The largest absolute Gasteiger partial charge is 0.313 e. The first-order valence-electron chi connectivity index (χ1n) is 5.64. The monoisotopic (exact) mass is 334 g/mol. The molecule has 0 heterocycles. The van der Waals surface area contributed by atoms with E-state index in [0.717, 1.165) is 34.8 Å². The number of hydrogen-bond acceptors (Lipinski definition) is 2. The number of halogens is 2. The van der Waals surface area contributed by atoms with Crippen LogP contribution >= 0.6 is 22.6 Å². The van der Waals surface area contributed by atoms with Gasteiger partial charge in [-0.1, -0.05) is 6.07 Å². The first-order chi connectivity index (χ1) is 7.75. The average Bonchev–Trinajstić information content (AvgIpc) is 3.04. The molecular formula is C12H16FIN2. The molecule has 2 rings (SSSR count). The van der Waals surface area contributed by atoms with Crippen molar-refractivity contribution in [2.75, 3.05) is 13.1 Å². The van der Waals surface area contributed by atoms with E-state index in [1.165, 1.54) is 18.9 Å². The molecule has 2 nitrogen and oxygen atoms in total. The molecule has 0 radical (unpaired) electrons. The van der Waals surface area contributed by atoms with E-state index < -0.39 is 0 Å². The molecule has 1 aliphatic carbocycles. The van der Waals surface area contributed by atoms with Crippen molar-refractivity contribution >= 4 is 22.6 Å². The van der Waals surface area contributed by atoms with E-state index in [1.807, 2.05) is 6.07 Å². The van der Waals surface area contributed by atoms with Gasteiger partial charge in [0.2, 0.25) is 0 Å². The van der Waals surface area contributed by atoms with Crippen LogP contribution in [0.15, 0.2) is 18.2 Å². The second-order valence-corrected chi connectivity index (χ2v) is 5.30. The predicted molar refractivity (Wildman–Crippen MR) is 71.8 cm³/mol. The van der Waals surface area contributed by atoms with Crippen LogP contribution in [-0.2, 0) is 6.54 Å². The van der Waals surface area contributed by atoms with E-state index in [-0.39, 0.29) is 5.82 Å². The van der Waals surface area contributed by atoms with Crippen molar-refractivity contribution in [3.63, 3.8) is 0 Å². The Hall–Kier alpha value is -0.200. The summed E-state index contributed by atoms with van der Waals surface area (Å²) in [5, 5.41) is 6.80. The third-order valence-electron chi connectivity index (χ3n) is 2.64. The van der Waals surface area contributed by atoms with Crippen LogP contribution in [0.5, 0.6) is 0 Å². The molecule has 0 saturated heterocycles. The maximum atomic E-state index is 12.9. The van der Waals surface area contributed by atoms with Crippen molar-refractivity contribution in [2.45, 2.75) is 25.4 Å². The van der Waals surface area contributed by atoms with Crippen LogP contribution in [0.2, 0.25) is 0 Å². The summed E-state index contributed by atoms with van der Waals surface area (Å²) in [5.41, 5.74) is 1.16. The summed E-state index contributed by atoms with van der Waals surface area (Å²) in [6.07, 6.45) is 2.66. The van der Waals surface area contributed by atoms with Gasteiger partial charge in [-0.05, 0) is 53.1 Å². The van der Waals surface area contributed by atoms with E-state index in [2.05, 4.69) is 33.2 Å². The van der Waals surface area contributed by atoms with Gasteiger partial charge in [0, 0.05) is 29.2 Å². The fourth-order valence-corrected chi connectivity index (χ4v) is 2.21. The molecule has 0 bridgehead atoms. The van der Waals surface area contributed by atoms with Crippen molar-refractivity contribution in [2.24, 2.45) is 0 Å². The van der Waals surface area contributed by atoms with E-state index in [9.17, 15) is 4.39 Å². The third kappa shape index (κ3) is 3.99. The van der Waals surface area contributed by atoms with Crippen LogP contribution in [-0.4, -0.2) is 19.1 Å². The quantitative estimate of drug-likeness (QED) is 0.616. The molecule has 1 saturated carbocycles. The second-order valence-electron chi connectivity index (χ2n) is 4.14. The molecule has 16 heavy (non-hydrogen) atoms. The number of hydrogen-bond donors (Lipinski definition) is 2. The highest BCUT2D eigenvalue weighted by Crippen LogP contribution is 2.17. The molecule has 88 valence electrons. The lowest BCUT2D eigenvalue weighted by atomic mass is 10.2. The first kappa shape index (κ1) is 12.3. The van der Waals surface area contributed by atoms with Gasteiger partial charge in [0.25, 0.3) is 0 Å². The van der Waals surface area contributed by atoms with Gasteiger partial charge >= 0.3 is 0 Å². The number of rotatable bonds is 6. The smallest absolute Gasteiger partial charge is 0.124 e. The Kier molecular flexibility index (Phi) is 4.55. The molecule has 2 N–H and O–H groups in total. The van der Waals surface area contributed by atoms with Crippen LogP contribution in [0.4, 0.5) is 4.39 Å². The van der Waals surface area contributed by atoms with Gasteiger partial charge in [0.05, 0.1) is 0 Å². The summed E-state index contributed by atoms with van der Waals surface area (Å²) in [6.45, 7) is 2.79. The van der Waals surface area contributed by atoms with Crippen LogP contribution in [0.25, 0.3) is 0 Å². The van der Waals surface area contributed by atoms with Crippen LogP contribution < -0.4 is 10.6 Å². The molecule has 1 aliphatic rings. The van der Waals surface area contributed by atoms with Gasteiger partial charge in [-0.15, -0.1) is 0 Å². The highest BCUT2D eigenvalue weighted by Gasteiger charge is 2.19. The van der Waals surface area contributed by atoms with Gasteiger partial charge in [-0.2, -0.15) is 0 Å². The Balaban J connectivity index is 1.67. The molecular weight excluding hydrogens is 318 g/mol. The topological polar surface area (TPSA) is 24.1 Å². The zero-order valence-electron chi connectivity index (χ0n) is 9.10. The molecule has 1 aromatic rings. The number of benzene rings is 1. The average molecular weight is 334 g/mol. The van der Waals surface area contributed by atoms with Crippen molar-refractivity contribution in [1.29, 1.82) is 0 Å². The highest BCUT2D eigenvalue weighted by molar-refractivity contribution is 14.1. The highest BCUT2D eigenvalue weighted by atomic mass is 127. The first-order valence-corrected chi connectivity index (χ1v) is 6.71. The van der Waals surface area contributed by atoms with Crippen molar-refractivity contribution in [3.05, 3.63) is 33.1 Å².